The van der Waals surface area contributed by atoms with Crippen molar-refractivity contribution < 1.29 is 4.74 Å². The maximum absolute atomic E-state index is 6.14. The molecular weight excluding hydrogens is 262 g/mol. The minimum Gasteiger partial charge on any atom is -0.384 e. The van der Waals surface area contributed by atoms with Gasteiger partial charge >= 0.3 is 0 Å². The van der Waals surface area contributed by atoms with Gasteiger partial charge in [-0.15, -0.1) is 0 Å². The van der Waals surface area contributed by atoms with Crippen LogP contribution in [-0.4, -0.2) is 38.8 Å². The lowest BCUT2D eigenvalue weighted by Crippen LogP contribution is -2.35. The van der Waals surface area contributed by atoms with Gasteiger partial charge in [0.15, 0.2) is 0 Å². The van der Waals surface area contributed by atoms with E-state index >= 15 is 0 Å². The van der Waals surface area contributed by atoms with E-state index in [2.05, 4.69) is 15.2 Å². The highest BCUT2D eigenvalue weighted by Crippen LogP contribution is 2.24. The lowest BCUT2D eigenvalue weighted by Gasteiger charge is -2.32. The van der Waals surface area contributed by atoms with Crippen molar-refractivity contribution in [3.05, 3.63) is 22.8 Å². The monoisotopic (exact) mass is 283 g/mol. The number of piperidine rings is 1. The van der Waals surface area contributed by atoms with E-state index in [4.69, 9.17) is 16.3 Å². The molecule has 1 aliphatic heterocycles. The van der Waals surface area contributed by atoms with Crippen LogP contribution in [-0.2, 0) is 11.3 Å². The van der Waals surface area contributed by atoms with Gasteiger partial charge in [-0.3, -0.25) is 0 Å². The standard InChI is InChI=1S/C14H22ClN3O/c1-16-9-13-12(15)3-4-14(17-13)18-7-5-11(6-8-18)10-19-2/h3-4,11,16H,5-10H2,1-2H3. The third-order valence-corrected chi connectivity index (χ3v) is 3.93. The highest BCUT2D eigenvalue weighted by Gasteiger charge is 2.20. The van der Waals surface area contributed by atoms with Crippen LogP contribution in [0.25, 0.3) is 0 Å². The molecule has 4 nitrogen and oxygen atoms in total. The summed E-state index contributed by atoms with van der Waals surface area (Å²) in [6.45, 7) is 3.66. The molecule has 2 heterocycles. The molecule has 0 radical (unpaired) electrons. The van der Waals surface area contributed by atoms with E-state index in [1.165, 1.54) is 12.8 Å². The molecule has 1 saturated heterocycles. The summed E-state index contributed by atoms with van der Waals surface area (Å²) in [6, 6.07) is 3.95. The van der Waals surface area contributed by atoms with Crippen molar-refractivity contribution in [1.82, 2.24) is 10.3 Å². The molecule has 1 fully saturated rings. The van der Waals surface area contributed by atoms with Crippen LogP contribution in [0.4, 0.5) is 5.82 Å². The molecule has 19 heavy (non-hydrogen) atoms. The van der Waals surface area contributed by atoms with Crippen LogP contribution < -0.4 is 10.2 Å². The van der Waals surface area contributed by atoms with Gasteiger partial charge in [-0.05, 0) is 37.9 Å². The van der Waals surface area contributed by atoms with E-state index in [0.29, 0.717) is 12.5 Å². The number of anilines is 1. The normalized spacial score (nSPS) is 16.9. The van der Waals surface area contributed by atoms with Crippen LogP contribution in [0.5, 0.6) is 0 Å². The Bertz CT molecular complexity index is 406. The van der Waals surface area contributed by atoms with Crippen LogP contribution in [0, 0.1) is 5.92 Å². The van der Waals surface area contributed by atoms with E-state index in [0.717, 1.165) is 36.2 Å². The summed E-state index contributed by atoms with van der Waals surface area (Å²) in [6.07, 6.45) is 2.33. The van der Waals surface area contributed by atoms with Gasteiger partial charge in [0.1, 0.15) is 5.82 Å². The predicted octanol–water partition coefficient (Wildman–Crippen LogP) is 2.32. The van der Waals surface area contributed by atoms with Crippen molar-refractivity contribution in [2.45, 2.75) is 19.4 Å². The van der Waals surface area contributed by atoms with Crippen molar-refractivity contribution >= 4 is 17.4 Å². The molecule has 0 aromatic carbocycles. The Hall–Kier alpha value is -0.840. The average molecular weight is 284 g/mol. The van der Waals surface area contributed by atoms with Crippen molar-refractivity contribution in [3.63, 3.8) is 0 Å². The van der Waals surface area contributed by atoms with Crippen molar-refractivity contribution in [2.75, 3.05) is 38.8 Å². The molecule has 1 aromatic rings. The highest BCUT2D eigenvalue weighted by atomic mass is 35.5. The van der Waals surface area contributed by atoms with E-state index in [1.807, 2.05) is 19.2 Å². The summed E-state index contributed by atoms with van der Waals surface area (Å²) in [5, 5.41) is 3.83. The van der Waals surface area contributed by atoms with Crippen LogP contribution >= 0.6 is 11.6 Å². The van der Waals surface area contributed by atoms with Crippen molar-refractivity contribution in [3.8, 4) is 0 Å². The van der Waals surface area contributed by atoms with Gasteiger partial charge in [0.2, 0.25) is 0 Å². The summed E-state index contributed by atoms with van der Waals surface area (Å²) >= 11 is 6.14. The molecule has 2 rings (SSSR count). The Morgan fingerprint density at radius 2 is 2.16 bits per heavy atom. The van der Waals surface area contributed by atoms with E-state index in [9.17, 15) is 0 Å². The summed E-state index contributed by atoms with van der Waals surface area (Å²) in [4.78, 5) is 6.99. The van der Waals surface area contributed by atoms with E-state index < -0.39 is 0 Å². The SMILES string of the molecule is CNCc1nc(N2CCC(COC)CC2)ccc1Cl. The summed E-state index contributed by atoms with van der Waals surface area (Å²) in [7, 11) is 3.68. The van der Waals surface area contributed by atoms with E-state index in [-0.39, 0.29) is 0 Å². The fourth-order valence-corrected chi connectivity index (χ4v) is 2.68. The predicted molar refractivity (Wildman–Crippen MR) is 78.8 cm³/mol. The van der Waals surface area contributed by atoms with Gasteiger partial charge in [-0.2, -0.15) is 0 Å². The minimum atomic E-state index is 0.685. The maximum atomic E-state index is 6.14. The second-order valence-corrected chi connectivity index (χ2v) is 5.42. The second kappa shape index (κ2) is 7.08. The Labute approximate surface area is 120 Å². The smallest absolute Gasteiger partial charge is 0.128 e. The molecule has 106 valence electrons. The van der Waals surface area contributed by atoms with Crippen molar-refractivity contribution in [2.24, 2.45) is 5.92 Å². The van der Waals surface area contributed by atoms with Crippen LogP contribution in [0.3, 0.4) is 0 Å². The molecule has 0 saturated carbocycles. The first-order chi connectivity index (χ1) is 9.24. The first kappa shape index (κ1) is 14.6. The molecule has 0 aliphatic carbocycles. The number of halogens is 1. The number of hydrogen-bond donors (Lipinski definition) is 1. The zero-order valence-corrected chi connectivity index (χ0v) is 12.4. The average Bonchev–Trinajstić information content (AvgIpc) is 2.43. The third-order valence-electron chi connectivity index (χ3n) is 3.59. The molecule has 0 unspecified atom stereocenters. The van der Waals surface area contributed by atoms with Crippen LogP contribution in [0.2, 0.25) is 5.02 Å². The first-order valence-electron chi connectivity index (χ1n) is 6.78. The summed E-state index contributed by atoms with van der Waals surface area (Å²) in [5.41, 5.74) is 0.917. The molecule has 0 amide bonds. The lowest BCUT2D eigenvalue weighted by molar-refractivity contribution is 0.139. The summed E-state index contributed by atoms with van der Waals surface area (Å²) < 4.78 is 5.23. The van der Waals surface area contributed by atoms with Gasteiger partial charge in [0.05, 0.1) is 10.7 Å². The number of methoxy groups -OCH3 is 1. The number of ether oxygens (including phenoxy) is 1. The maximum Gasteiger partial charge on any atom is 0.128 e. The van der Waals surface area contributed by atoms with Crippen LogP contribution in [0.1, 0.15) is 18.5 Å². The quantitative estimate of drug-likeness (QED) is 0.900. The van der Waals surface area contributed by atoms with Gasteiger partial charge < -0.3 is 15.0 Å². The van der Waals surface area contributed by atoms with Gasteiger partial charge in [0, 0.05) is 33.4 Å². The second-order valence-electron chi connectivity index (χ2n) is 5.01. The first-order valence-corrected chi connectivity index (χ1v) is 7.16. The molecule has 0 spiro atoms. The minimum absolute atomic E-state index is 0.685. The van der Waals surface area contributed by atoms with Gasteiger partial charge in [-0.25, -0.2) is 4.98 Å². The molecule has 5 heteroatoms. The summed E-state index contributed by atoms with van der Waals surface area (Å²) in [5.74, 6) is 1.72. The third kappa shape index (κ3) is 3.81. The van der Waals surface area contributed by atoms with E-state index in [1.54, 1.807) is 7.11 Å². The van der Waals surface area contributed by atoms with Crippen molar-refractivity contribution in [1.29, 1.82) is 0 Å². The fourth-order valence-electron chi connectivity index (χ4n) is 2.50. The molecular formula is C14H22ClN3O. The molecule has 1 aromatic heterocycles. The zero-order valence-electron chi connectivity index (χ0n) is 11.7. The molecule has 0 atom stereocenters. The Morgan fingerprint density at radius 3 is 2.79 bits per heavy atom. The molecule has 0 bridgehead atoms. The number of rotatable bonds is 5. The Kier molecular flexibility index (Phi) is 5.43. The number of pyridine rings is 1. The number of aromatic nitrogens is 1. The fraction of sp³-hybridized carbons (Fsp3) is 0.643. The highest BCUT2D eigenvalue weighted by molar-refractivity contribution is 6.31. The number of nitrogens with one attached hydrogen (secondary N) is 1. The lowest BCUT2D eigenvalue weighted by atomic mass is 9.98. The van der Waals surface area contributed by atoms with Gasteiger partial charge in [0.25, 0.3) is 0 Å². The molecule has 1 aliphatic rings. The zero-order chi connectivity index (χ0) is 13.7. The van der Waals surface area contributed by atoms with Crippen LogP contribution in [0.15, 0.2) is 12.1 Å². The Balaban J connectivity index is 2.01. The largest absolute Gasteiger partial charge is 0.384 e. The Morgan fingerprint density at radius 1 is 1.42 bits per heavy atom. The number of nitrogens with zero attached hydrogens (tertiary/aromatic N) is 2. The number of hydrogen-bond acceptors (Lipinski definition) is 4. The van der Waals surface area contributed by atoms with Gasteiger partial charge in [-0.1, -0.05) is 11.6 Å². The topological polar surface area (TPSA) is 37.4 Å². The molecule has 1 N–H and O–H groups in total.